The van der Waals surface area contributed by atoms with E-state index in [1.165, 1.54) is 19.3 Å². The molecule has 2 heterocycles. The molecule has 1 atom stereocenters. The lowest BCUT2D eigenvalue weighted by Crippen LogP contribution is -2.64. The predicted molar refractivity (Wildman–Crippen MR) is 131 cm³/mol. The first kappa shape index (κ1) is 21.7. The van der Waals surface area contributed by atoms with Crippen LogP contribution in [0.1, 0.15) is 67.9 Å². The Balaban J connectivity index is 1.51. The van der Waals surface area contributed by atoms with E-state index in [1.54, 1.807) is 4.90 Å². The fraction of sp³-hybridized carbons (Fsp3) is 0.429. The Kier molecular flexibility index (Phi) is 5.96. The molecule has 1 aliphatic heterocycles. The van der Waals surface area contributed by atoms with Crippen molar-refractivity contribution in [2.45, 2.75) is 76.5 Å². The average Bonchev–Trinajstić information content (AvgIpc) is 3.17. The molecule has 1 fully saturated rings. The van der Waals surface area contributed by atoms with Gasteiger partial charge in [-0.15, -0.1) is 0 Å². The average molecular weight is 444 g/mol. The van der Waals surface area contributed by atoms with Crippen LogP contribution in [-0.4, -0.2) is 32.9 Å². The molecule has 5 heteroatoms. The van der Waals surface area contributed by atoms with Crippen molar-refractivity contribution in [3.05, 3.63) is 71.9 Å². The molecule has 0 radical (unpaired) electrons. The number of hydrogen-bond acceptors (Lipinski definition) is 2. The molecule has 5 rings (SSSR count). The van der Waals surface area contributed by atoms with Crippen molar-refractivity contribution in [2.75, 3.05) is 0 Å². The van der Waals surface area contributed by atoms with Gasteiger partial charge >= 0.3 is 0 Å². The van der Waals surface area contributed by atoms with Crippen molar-refractivity contribution in [3.63, 3.8) is 0 Å². The molecule has 2 aromatic carbocycles. The van der Waals surface area contributed by atoms with Crippen molar-refractivity contribution >= 4 is 22.7 Å². The minimum absolute atomic E-state index is 0.0409. The molecule has 0 spiro atoms. The first-order valence-electron chi connectivity index (χ1n) is 12.3. The second kappa shape index (κ2) is 9.05. The fourth-order valence-corrected chi connectivity index (χ4v) is 5.46. The lowest BCUT2D eigenvalue weighted by molar-refractivity contribution is -0.134. The van der Waals surface area contributed by atoms with Gasteiger partial charge in [0.05, 0.1) is 6.54 Å². The van der Waals surface area contributed by atoms with Gasteiger partial charge in [-0.25, -0.2) is 0 Å². The number of para-hydroxylation sites is 1. The molecule has 5 nitrogen and oxygen atoms in total. The SMILES string of the molecule is CC1(C(=O)NC2CCCCCCC2)Cn2c(cc3ccccc32)C(=O)N1Cc1ccccc1. The predicted octanol–water partition coefficient (Wildman–Crippen LogP) is 5.29. The molecule has 0 bridgehead atoms. The lowest BCUT2D eigenvalue weighted by Gasteiger charge is -2.44. The molecule has 1 aromatic heterocycles. The maximum Gasteiger partial charge on any atom is 0.271 e. The van der Waals surface area contributed by atoms with E-state index in [4.69, 9.17) is 0 Å². The highest BCUT2D eigenvalue weighted by molar-refractivity contribution is 6.03. The van der Waals surface area contributed by atoms with E-state index in [9.17, 15) is 9.59 Å². The quantitative estimate of drug-likeness (QED) is 0.596. The highest BCUT2D eigenvalue weighted by Gasteiger charge is 2.48. The van der Waals surface area contributed by atoms with Gasteiger partial charge in [-0.3, -0.25) is 9.59 Å². The highest BCUT2D eigenvalue weighted by Crippen LogP contribution is 2.34. The first-order chi connectivity index (χ1) is 16.1. The number of hydrogen-bond donors (Lipinski definition) is 1. The Labute approximate surface area is 195 Å². The van der Waals surface area contributed by atoms with Gasteiger partial charge < -0.3 is 14.8 Å². The van der Waals surface area contributed by atoms with E-state index in [-0.39, 0.29) is 17.9 Å². The van der Waals surface area contributed by atoms with Crippen molar-refractivity contribution in [1.82, 2.24) is 14.8 Å². The third-order valence-electron chi connectivity index (χ3n) is 7.45. The van der Waals surface area contributed by atoms with Gasteiger partial charge in [0.15, 0.2) is 0 Å². The number of amides is 2. The zero-order valence-electron chi connectivity index (χ0n) is 19.4. The van der Waals surface area contributed by atoms with E-state index < -0.39 is 5.54 Å². The van der Waals surface area contributed by atoms with Crippen molar-refractivity contribution in [1.29, 1.82) is 0 Å². The molecule has 0 saturated heterocycles. The molecule has 2 aliphatic rings. The van der Waals surface area contributed by atoms with Crippen LogP contribution < -0.4 is 5.32 Å². The van der Waals surface area contributed by atoms with Crippen LogP contribution in [0.5, 0.6) is 0 Å². The Morgan fingerprint density at radius 2 is 1.64 bits per heavy atom. The molecule has 33 heavy (non-hydrogen) atoms. The summed E-state index contributed by atoms with van der Waals surface area (Å²) in [5.41, 5.74) is 1.72. The van der Waals surface area contributed by atoms with Gasteiger partial charge in [0.25, 0.3) is 5.91 Å². The van der Waals surface area contributed by atoms with Gasteiger partial charge in [0.2, 0.25) is 5.91 Å². The summed E-state index contributed by atoms with van der Waals surface area (Å²) in [6, 6.07) is 20.2. The number of fused-ring (bicyclic) bond motifs is 3. The maximum atomic E-state index is 13.9. The van der Waals surface area contributed by atoms with Gasteiger partial charge in [0, 0.05) is 23.5 Å². The first-order valence-corrected chi connectivity index (χ1v) is 12.3. The number of aromatic nitrogens is 1. The molecule has 1 N–H and O–H groups in total. The molecule has 2 amide bonds. The van der Waals surface area contributed by atoms with E-state index in [0.29, 0.717) is 18.8 Å². The lowest BCUT2D eigenvalue weighted by atomic mass is 9.91. The normalized spacial score (nSPS) is 22.0. The van der Waals surface area contributed by atoms with Crippen LogP contribution >= 0.6 is 0 Å². The number of carbonyl (C=O) groups excluding carboxylic acids is 2. The topological polar surface area (TPSA) is 54.3 Å². The molecule has 1 aliphatic carbocycles. The summed E-state index contributed by atoms with van der Waals surface area (Å²) in [6.07, 6.45) is 8.11. The largest absolute Gasteiger partial charge is 0.351 e. The summed E-state index contributed by atoms with van der Waals surface area (Å²) >= 11 is 0. The minimum atomic E-state index is -0.968. The van der Waals surface area contributed by atoms with Crippen LogP contribution in [0.4, 0.5) is 0 Å². The van der Waals surface area contributed by atoms with Crippen LogP contribution in [0.2, 0.25) is 0 Å². The standard InChI is InChI=1S/C28H33N3O2/c1-28(27(33)29-23-15-8-3-2-4-9-16-23)20-30-24-17-11-10-14-22(24)18-25(30)26(32)31(28)19-21-12-6-5-7-13-21/h5-7,10-14,17-18,23H,2-4,8-9,15-16,19-20H2,1H3,(H,29,33). The van der Waals surface area contributed by atoms with Gasteiger partial charge in [-0.2, -0.15) is 0 Å². The fourth-order valence-electron chi connectivity index (χ4n) is 5.46. The maximum absolute atomic E-state index is 13.9. The third kappa shape index (κ3) is 4.17. The van der Waals surface area contributed by atoms with Gasteiger partial charge in [-0.05, 0) is 37.5 Å². The Morgan fingerprint density at radius 1 is 0.970 bits per heavy atom. The van der Waals surface area contributed by atoms with E-state index >= 15 is 0 Å². The molecule has 3 aromatic rings. The zero-order valence-corrected chi connectivity index (χ0v) is 19.4. The number of nitrogens with one attached hydrogen (secondary N) is 1. The summed E-state index contributed by atoms with van der Waals surface area (Å²) < 4.78 is 2.04. The van der Waals surface area contributed by atoms with Crippen molar-refractivity contribution in [3.8, 4) is 0 Å². The van der Waals surface area contributed by atoms with E-state index in [0.717, 1.165) is 42.1 Å². The summed E-state index contributed by atoms with van der Waals surface area (Å²) in [6.45, 7) is 2.80. The van der Waals surface area contributed by atoms with Crippen molar-refractivity contribution < 1.29 is 9.59 Å². The smallest absolute Gasteiger partial charge is 0.271 e. The number of rotatable bonds is 4. The second-order valence-corrected chi connectivity index (χ2v) is 9.84. The number of benzene rings is 2. The number of nitrogens with zero attached hydrogens (tertiary/aromatic N) is 2. The van der Waals surface area contributed by atoms with Crippen LogP contribution in [0.15, 0.2) is 60.7 Å². The summed E-state index contributed by atoms with van der Waals surface area (Å²) in [4.78, 5) is 29.5. The van der Waals surface area contributed by atoms with Crippen LogP contribution in [0.25, 0.3) is 10.9 Å². The van der Waals surface area contributed by atoms with E-state index in [2.05, 4.69) is 5.32 Å². The molecule has 1 saturated carbocycles. The van der Waals surface area contributed by atoms with Crippen molar-refractivity contribution in [2.24, 2.45) is 0 Å². The molecular weight excluding hydrogens is 410 g/mol. The van der Waals surface area contributed by atoms with Gasteiger partial charge in [-0.1, -0.05) is 80.6 Å². The minimum Gasteiger partial charge on any atom is -0.351 e. The summed E-state index contributed by atoms with van der Waals surface area (Å²) in [7, 11) is 0. The van der Waals surface area contributed by atoms with Crippen LogP contribution in [-0.2, 0) is 17.9 Å². The Hall–Kier alpha value is -3.08. The van der Waals surface area contributed by atoms with Gasteiger partial charge in [0.1, 0.15) is 11.2 Å². The van der Waals surface area contributed by atoms with Crippen LogP contribution in [0.3, 0.4) is 0 Å². The third-order valence-corrected chi connectivity index (χ3v) is 7.45. The Morgan fingerprint density at radius 3 is 2.39 bits per heavy atom. The second-order valence-electron chi connectivity index (χ2n) is 9.84. The Bertz CT molecular complexity index is 1140. The monoisotopic (exact) mass is 443 g/mol. The summed E-state index contributed by atoms with van der Waals surface area (Å²) in [5.74, 6) is -0.127. The molecule has 1 unspecified atom stereocenters. The zero-order chi connectivity index (χ0) is 22.8. The van der Waals surface area contributed by atoms with E-state index in [1.807, 2.05) is 72.2 Å². The summed E-state index contributed by atoms with van der Waals surface area (Å²) in [5, 5.41) is 4.39. The van der Waals surface area contributed by atoms with Crippen LogP contribution in [0, 0.1) is 0 Å². The highest BCUT2D eigenvalue weighted by atomic mass is 16.2. The number of carbonyl (C=O) groups is 2. The molecule has 172 valence electrons. The molecular formula is C28H33N3O2.